The lowest BCUT2D eigenvalue weighted by molar-refractivity contribution is -0.125. The van der Waals surface area contributed by atoms with Crippen molar-refractivity contribution in [2.45, 2.75) is 38.5 Å². The zero-order chi connectivity index (χ0) is 13.7. The summed E-state index contributed by atoms with van der Waals surface area (Å²) in [6.45, 7) is 0. The van der Waals surface area contributed by atoms with Gasteiger partial charge in [0.25, 0.3) is 0 Å². The first-order valence-electron chi connectivity index (χ1n) is 6.80. The molecule has 1 aromatic rings. The third-order valence-electron chi connectivity index (χ3n) is 3.88. The van der Waals surface area contributed by atoms with Crippen LogP contribution in [-0.4, -0.2) is 17.9 Å². The van der Waals surface area contributed by atoms with Crippen molar-refractivity contribution in [1.82, 2.24) is 4.98 Å². The minimum atomic E-state index is -0.858. The molecule has 0 radical (unpaired) electrons. The molecule has 1 heterocycles. The first-order chi connectivity index (χ1) is 9.19. The molecular weight excluding hydrogens is 238 g/mol. The van der Waals surface area contributed by atoms with Crippen molar-refractivity contribution in [2.24, 2.45) is 5.41 Å². The van der Waals surface area contributed by atoms with E-state index in [2.05, 4.69) is 11.1 Å². The highest BCUT2D eigenvalue weighted by molar-refractivity contribution is 5.98. The topological polar surface area (TPSA) is 57.0 Å². The molecule has 1 fully saturated rings. The zero-order valence-corrected chi connectivity index (χ0v) is 11.3. The summed E-state index contributed by atoms with van der Waals surface area (Å²) in [4.78, 5) is 18.4. The van der Waals surface area contributed by atoms with E-state index in [0.717, 1.165) is 25.7 Å². The Hall–Kier alpha value is -1.89. The summed E-state index contributed by atoms with van der Waals surface area (Å²) in [5, 5.41) is 9.51. The Morgan fingerprint density at radius 2 is 2.00 bits per heavy atom. The predicted molar refractivity (Wildman–Crippen MR) is 73.4 cm³/mol. The summed E-state index contributed by atoms with van der Waals surface area (Å²) in [7, 11) is 1.70. The smallest absolute Gasteiger partial charge is 0.248 e. The highest BCUT2D eigenvalue weighted by Crippen LogP contribution is 2.36. The van der Waals surface area contributed by atoms with Crippen LogP contribution < -0.4 is 4.90 Å². The number of aromatic nitrogens is 1. The Morgan fingerprint density at radius 3 is 2.53 bits per heavy atom. The van der Waals surface area contributed by atoms with Crippen LogP contribution >= 0.6 is 0 Å². The van der Waals surface area contributed by atoms with Gasteiger partial charge in [-0.25, -0.2) is 4.98 Å². The van der Waals surface area contributed by atoms with E-state index in [1.54, 1.807) is 19.3 Å². The Morgan fingerprint density at radius 1 is 1.32 bits per heavy atom. The van der Waals surface area contributed by atoms with Crippen LogP contribution in [0, 0.1) is 16.7 Å². The summed E-state index contributed by atoms with van der Waals surface area (Å²) >= 11 is 0. The molecule has 4 nitrogen and oxygen atoms in total. The third-order valence-corrected chi connectivity index (χ3v) is 3.88. The average Bonchev–Trinajstić information content (AvgIpc) is 2.73. The van der Waals surface area contributed by atoms with E-state index in [0.29, 0.717) is 18.7 Å². The highest BCUT2D eigenvalue weighted by atomic mass is 16.2. The molecule has 19 heavy (non-hydrogen) atoms. The monoisotopic (exact) mass is 257 g/mol. The first kappa shape index (κ1) is 13.5. The van der Waals surface area contributed by atoms with Crippen LogP contribution in [0.4, 0.5) is 5.82 Å². The Balaban J connectivity index is 2.23. The van der Waals surface area contributed by atoms with Crippen molar-refractivity contribution >= 4 is 11.7 Å². The Labute approximate surface area is 114 Å². The molecule has 2 rings (SSSR count). The number of anilines is 1. The fraction of sp³-hybridized carbons (Fsp3) is 0.533. The van der Waals surface area contributed by atoms with E-state index in [-0.39, 0.29) is 5.91 Å². The third kappa shape index (κ3) is 2.76. The fourth-order valence-electron chi connectivity index (χ4n) is 2.68. The maximum Gasteiger partial charge on any atom is 0.248 e. The summed E-state index contributed by atoms with van der Waals surface area (Å²) in [5.41, 5.74) is -0.858. The highest BCUT2D eigenvalue weighted by Gasteiger charge is 2.41. The number of hydrogen-bond donors (Lipinski definition) is 0. The number of carbonyl (C=O) groups excluding carboxylic acids is 1. The Bertz CT molecular complexity index is 470. The molecule has 0 N–H and O–H groups in total. The van der Waals surface area contributed by atoms with Crippen LogP contribution in [0.1, 0.15) is 38.5 Å². The summed E-state index contributed by atoms with van der Waals surface area (Å²) in [6.07, 6.45) is 7.13. The van der Waals surface area contributed by atoms with E-state index in [1.165, 1.54) is 4.90 Å². The van der Waals surface area contributed by atoms with Gasteiger partial charge in [-0.1, -0.05) is 31.7 Å². The van der Waals surface area contributed by atoms with Gasteiger partial charge in [0.1, 0.15) is 11.2 Å². The van der Waals surface area contributed by atoms with Crippen LogP contribution in [0.25, 0.3) is 0 Å². The van der Waals surface area contributed by atoms with E-state index >= 15 is 0 Å². The number of nitrogens with zero attached hydrogens (tertiary/aromatic N) is 3. The van der Waals surface area contributed by atoms with Gasteiger partial charge < -0.3 is 0 Å². The van der Waals surface area contributed by atoms with E-state index < -0.39 is 5.41 Å². The molecule has 1 aliphatic rings. The van der Waals surface area contributed by atoms with Gasteiger partial charge in [-0.05, 0) is 25.0 Å². The van der Waals surface area contributed by atoms with Crippen molar-refractivity contribution < 1.29 is 4.79 Å². The van der Waals surface area contributed by atoms with Gasteiger partial charge in [0.15, 0.2) is 0 Å². The van der Waals surface area contributed by atoms with E-state index in [4.69, 9.17) is 0 Å². The minimum absolute atomic E-state index is 0.115. The Kier molecular flexibility index (Phi) is 4.16. The number of nitriles is 1. The number of hydrogen-bond acceptors (Lipinski definition) is 3. The van der Waals surface area contributed by atoms with Crippen LogP contribution in [0.15, 0.2) is 24.4 Å². The number of carbonyl (C=O) groups is 1. The maximum absolute atomic E-state index is 12.7. The van der Waals surface area contributed by atoms with Crippen molar-refractivity contribution in [3.05, 3.63) is 24.4 Å². The SMILES string of the molecule is CN(C(=O)C1(C#N)CCCCCC1)c1ccccn1. The van der Waals surface area contributed by atoms with Gasteiger partial charge in [0.05, 0.1) is 6.07 Å². The zero-order valence-electron chi connectivity index (χ0n) is 11.3. The summed E-state index contributed by atoms with van der Waals surface area (Å²) < 4.78 is 0. The maximum atomic E-state index is 12.7. The van der Waals surface area contributed by atoms with Gasteiger partial charge in [-0.15, -0.1) is 0 Å². The van der Waals surface area contributed by atoms with Gasteiger partial charge >= 0.3 is 0 Å². The minimum Gasteiger partial charge on any atom is -0.299 e. The second-order valence-corrected chi connectivity index (χ2v) is 5.16. The van der Waals surface area contributed by atoms with E-state index in [1.807, 2.05) is 12.1 Å². The van der Waals surface area contributed by atoms with Crippen LogP contribution in [0.5, 0.6) is 0 Å². The van der Waals surface area contributed by atoms with Crippen molar-refractivity contribution in [1.29, 1.82) is 5.26 Å². The lowest BCUT2D eigenvalue weighted by Gasteiger charge is -2.28. The molecule has 4 heteroatoms. The molecule has 0 unspecified atom stereocenters. The second kappa shape index (κ2) is 5.83. The van der Waals surface area contributed by atoms with Crippen molar-refractivity contribution in [3.63, 3.8) is 0 Å². The molecule has 0 atom stereocenters. The number of rotatable bonds is 2. The van der Waals surface area contributed by atoms with Crippen LogP contribution in [0.2, 0.25) is 0 Å². The average molecular weight is 257 g/mol. The van der Waals surface area contributed by atoms with Gasteiger partial charge in [0.2, 0.25) is 5.91 Å². The first-order valence-corrected chi connectivity index (χ1v) is 6.80. The number of pyridine rings is 1. The molecule has 1 amide bonds. The molecule has 1 aromatic heterocycles. The lowest BCUT2D eigenvalue weighted by Crippen LogP contribution is -2.41. The van der Waals surface area contributed by atoms with Crippen molar-refractivity contribution in [2.75, 3.05) is 11.9 Å². The van der Waals surface area contributed by atoms with Gasteiger partial charge in [-0.2, -0.15) is 5.26 Å². The summed E-state index contributed by atoms with van der Waals surface area (Å²) in [5.74, 6) is 0.488. The molecule has 0 saturated heterocycles. The normalized spacial score (nSPS) is 18.1. The lowest BCUT2D eigenvalue weighted by atomic mass is 9.80. The van der Waals surface area contributed by atoms with Gasteiger partial charge in [0, 0.05) is 13.2 Å². The molecule has 0 bridgehead atoms. The molecule has 100 valence electrons. The van der Waals surface area contributed by atoms with Crippen molar-refractivity contribution in [3.8, 4) is 6.07 Å². The molecule has 1 aliphatic carbocycles. The number of amides is 1. The van der Waals surface area contributed by atoms with E-state index in [9.17, 15) is 10.1 Å². The molecule has 0 spiro atoms. The summed E-state index contributed by atoms with van der Waals surface area (Å²) in [6, 6.07) is 7.74. The standard InChI is InChI=1S/C15H19N3O/c1-18(13-8-4-7-11-17-13)14(19)15(12-16)9-5-2-3-6-10-15/h4,7-8,11H,2-3,5-6,9-10H2,1H3. The molecule has 0 aromatic carbocycles. The fourth-order valence-corrected chi connectivity index (χ4v) is 2.68. The van der Waals surface area contributed by atoms with Crippen LogP contribution in [-0.2, 0) is 4.79 Å². The quantitative estimate of drug-likeness (QED) is 0.765. The second-order valence-electron chi connectivity index (χ2n) is 5.16. The van der Waals surface area contributed by atoms with Gasteiger partial charge in [-0.3, -0.25) is 9.69 Å². The predicted octanol–water partition coefficient (Wildman–Crippen LogP) is 2.91. The van der Waals surface area contributed by atoms with Crippen LogP contribution in [0.3, 0.4) is 0 Å². The largest absolute Gasteiger partial charge is 0.299 e. The molecule has 0 aliphatic heterocycles. The molecule has 1 saturated carbocycles. The molecular formula is C15H19N3O.